The third-order valence-corrected chi connectivity index (χ3v) is 7.25. The lowest BCUT2D eigenvalue weighted by Crippen LogP contribution is -2.29. The van der Waals surface area contributed by atoms with Crippen LogP contribution in [0.2, 0.25) is 0 Å². The summed E-state index contributed by atoms with van der Waals surface area (Å²) in [6.07, 6.45) is 3.54. The van der Waals surface area contributed by atoms with Crippen molar-refractivity contribution in [3.8, 4) is 39.4 Å². The smallest absolute Gasteiger partial charge is 0.165 e. The van der Waals surface area contributed by atoms with Crippen molar-refractivity contribution in [2.24, 2.45) is 0 Å². The molecule has 6 heteroatoms. The fourth-order valence-electron chi connectivity index (χ4n) is 5.29. The van der Waals surface area contributed by atoms with E-state index in [4.69, 9.17) is 0 Å². The summed E-state index contributed by atoms with van der Waals surface area (Å²) in [6, 6.07) is 19.2. The van der Waals surface area contributed by atoms with Crippen LogP contribution in [-0.2, 0) is 13.0 Å². The molecule has 0 amide bonds. The summed E-state index contributed by atoms with van der Waals surface area (Å²) in [5.41, 5.74) is 9.81. The number of benzene rings is 3. The Morgan fingerprint density at radius 1 is 0.943 bits per heavy atom. The van der Waals surface area contributed by atoms with Crippen molar-refractivity contribution in [1.29, 1.82) is 0 Å². The van der Waals surface area contributed by atoms with Gasteiger partial charge < -0.3 is 15.3 Å². The highest BCUT2D eigenvalue weighted by Crippen LogP contribution is 2.40. The van der Waals surface area contributed by atoms with Crippen molar-refractivity contribution in [2.45, 2.75) is 25.8 Å². The number of fused-ring (bicyclic) bond motifs is 3. The predicted octanol–water partition coefficient (Wildman–Crippen LogP) is 5.35. The first-order valence-electron chi connectivity index (χ1n) is 12.4. The summed E-state index contributed by atoms with van der Waals surface area (Å²) in [7, 11) is 0. The number of halogens is 1. The van der Waals surface area contributed by atoms with Crippen molar-refractivity contribution in [2.75, 3.05) is 26.2 Å². The Balaban J connectivity index is 1.17. The molecular weight excluding hydrogens is 439 g/mol. The number of aromatic hydroxyl groups is 1. The third-order valence-electron chi connectivity index (χ3n) is 7.25. The molecule has 1 fully saturated rings. The van der Waals surface area contributed by atoms with Crippen LogP contribution in [0.15, 0.2) is 60.7 Å². The molecule has 0 radical (unpaired) electrons. The van der Waals surface area contributed by atoms with Gasteiger partial charge in [0.05, 0.1) is 11.4 Å². The average Bonchev–Trinajstić information content (AvgIpc) is 3.61. The molecule has 0 spiro atoms. The zero-order valence-corrected chi connectivity index (χ0v) is 19.6. The van der Waals surface area contributed by atoms with Gasteiger partial charge in [-0.15, -0.1) is 0 Å². The molecule has 3 N–H and O–H groups in total. The highest BCUT2D eigenvalue weighted by Gasteiger charge is 2.25. The number of hydrogen-bond acceptors (Lipinski definition) is 4. The first kappa shape index (κ1) is 22.0. The van der Waals surface area contributed by atoms with Crippen molar-refractivity contribution in [1.82, 2.24) is 20.4 Å². The van der Waals surface area contributed by atoms with E-state index < -0.39 is 5.82 Å². The number of hydrogen-bond donors (Lipinski definition) is 3. The second-order valence-corrected chi connectivity index (χ2v) is 9.56. The molecule has 1 aliphatic carbocycles. The van der Waals surface area contributed by atoms with E-state index in [1.165, 1.54) is 60.3 Å². The van der Waals surface area contributed by atoms with Crippen molar-refractivity contribution >= 4 is 0 Å². The molecule has 1 aliphatic heterocycles. The number of nitrogens with one attached hydrogen (secondary N) is 2. The number of rotatable bonds is 7. The topological polar surface area (TPSA) is 64.2 Å². The van der Waals surface area contributed by atoms with Gasteiger partial charge in [0.25, 0.3) is 0 Å². The van der Waals surface area contributed by atoms with Gasteiger partial charge in [0, 0.05) is 42.7 Å². The molecule has 0 saturated carbocycles. The largest absolute Gasteiger partial charge is 0.505 e. The third kappa shape index (κ3) is 4.35. The summed E-state index contributed by atoms with van der Waals surface area (Å²) < 4.78 is 13.8. The number of aromatic amines is 1. The number of H-pyrrole nitrogens is 1. The van der Waals surface area contributed by atoms with E-state index in [9.17, 15) is 9.50 Å². The van der Waals surface area contributed by atoms with Gasteiger partial charge in [-0.25, -0.2) is 4.39 Å². The molecule has 35 heavy (non-hydrogen) atoms. The van der Waals surface area contributed by atoms with Crippen molar-refractivity contribution < 1.29 is 9.50 Å². The van der Waals surface area contributed by atoms with E-state index in [0.717, 1.165) is 54.1 Å². The molecule has 1 saturated heterocycles. The molecule has 1 aromatic heterocycles. The quantitative estimate of drug-likeness (QED) is 0.282. The molecule has 6 rings (SSSR count). The van der Waals surface area contributed by atoms with Crippen LogP contribution in [0.3, 0.4) is 0 Å². The zero-order chi connectivity index (χ0) is 23.8. The van der Waals surface area contributed by atoms with Gasteiger partial charge in [-0.05, 0) is 66.4 Å². The minimum atomic E-state index is -0.615. The number of nitrogens with zero attached hydrogens (tertiary/aromatic N) is 2. The van der Waals surface area contributed by atoms with Crippen LogP contribution < -0.4 is 5.32 Å². The lowest BCUT2D eigenvalue weighted by molar-refractivity contribution is 0.335. The van der Waals surface area contributed by atoms with E-state index >= 15 is 0 Å². The van der Waals surface area contributed by atoms with Gasteiger partial charge in [-0.3, -0.25) is 5.10 Å². The number of aromatic nitrogens is 2. The van der Waals surface area contributed by atoms with E-state index in [0.29, 0.717) is 0 Å². The summed E-state index contributed by atoms with van der Waals surface area (Å²) in [4.78, 5) is 2.53. The molecule has 2 heterocycles. The second kappa shape index (κ2) is 9.29. The Labute approximate surface area is 204 Å². The van der Waals surface area contributed by atoms with E-state index in [1.54, 1.807) is 6.07 Å². The molecule has 0 bridgehead atoms. The Bertz CT molecular complexity index is 1360. The van der Waals surface area contributed by atoms with Crippen LogP contribution in [0.25, 0.3) is 33.6 Å². The van der Waals surface area contributed by atoms with Crippen LogP contribution in [0, 0.1) is 5.82 Å². The maximum absolute atomic E-state index is 13.8. The predicted molar refractivity (Wildman–Crippen MR) is 137 cm³/mol. The standard InChI is InChI=1S/C29H29FN4O/c30-26-17-22(9-10-27(26)35)20-5-7-21(8-6-20)28-25-16-23-4-3-19(15-24(23)29(25)33-32-28)18-31-11-14-34-12-1-2-13-34/h3-10,15,17,31,35H,1-2,11-14,16,18H2,(H,32,33). The van der Waals surface area contributed by atoms with Crippen LogP contribution in [-0.4, -0.2) is 46.4 Å². The summed E-state index contributed by atoms with van der Waals surface area (Å²) in [6.45, 7) is 5.49. The van der Waals surface area contributed by atoms with Gasteiger partial charge in [0.2, 0.25) is 0 Å². The summed E-state index contributed by atoms with van der Waals surface area (Å²) in [5.74, 6) is -0.950. The monoisotopic (exact) mass is 468 g/mol. The number of phenols is 1. The Morgan fingerprint density at radius 3 is 2.51 bits per heavy atom. The molecule has 0 unspecified atom stereocenters. The first-order valence-corrected chi connectivity index (χ1v) is 12.4. The van der Waals surface area contributed by atoms with Crippen molar-refractivity contribution in [3.05, 3.63) is 83.2 Å². The molecule has 178 valence electrons. The minimum absolute atomic E-state index is 0.335. The first-order chi connectivity index (χ1) is 17.2. The molecule has 0 atom stereocenters. The Kier molecular flexibility index (Phi) is 5.84. The van der Waals surface area contributed by atoms with Gasteiger partial charge >= 0.3 is 0 Å². The van der Waals surface area contributed by atoms with Crippen LogP contribution >= 0.6 is 0 Å². The summed E-state index contributed by atoms with van der Waals surface area (Å²) >= 11 is 0. The maximum Gasteiger partial charge on any atom is 0.165 e. The Hall–Kier alpha value is -3.48. The van der Waals surface area contributed by atoms with Crippen LogP contribution in [0.1, 0.15) is 29.5 Å². The Morgan fingerprint density at radius 2 is 1.71 bits per heavy atom. The lowest BCUT2D eigenvalue weighted by atomic mass is 10.0. The summed E-state index contributed by atoms with van der Waals surface area (Å²) in [5, 5.41) is 21.0. The highest BCUT2D eigenvalue weighted by atomic mass is 19.1. The fraction of sp³-hybridized carbons (Fsp3) is 0.276. The van der Waals surface area contributed by atoms with Crippen LogP contribution in [0.5, 0.6) is 5.75 Å². The number of phenolic OH excluding ortho intramolecular Hbond substituents is 1. The normalized spacial score (nSPS) is 14.9. The molecular formula is C29H29FN4O. The van der Waals surface area contributed by atoms with E-state index in [1.807, 2.05) is 24.3 Å². The molecule has 2 aliphatic rings. The molecule has 3 aromatic carbocycles. The lowest BCUT2D eigenvalue weighted by Gasteiger charge is -2.15. The van der Waals surface area contributed by atoms with E-state index in [-0.39, 0.29) is 5.75 Å². The molecule has 5 nitrogen and oxygen atoms in total. The van der Waals surface area contributed by atoms with Gasteiger partial charge in [-0.1, -0.05) is 42.5 Å². The second-order valence-electron chi connectivity index (χ2n) is 9.56. The average molecular weight is 469 g/mol. The highest BCUT2D eigenvalue weighted by molar-refractivity contribution is 5.82. The zero-order valence-electron chi connectivity index (χ0n) is 19.6. The van der Waals surface area contributed by atoms with E-state index in [2.05, 4.69) is 38.6 Å². The fourth-order valence-corrected chi connectivity index (χ4v) is 5.29. The van der Waals surface area contributed by atoms with Crippen molar-refractivity contribution in [3.63, 3.8) is 0 Å². The molecule has 4 aromatic rings. The minimum Gasteiger partial charge on any atom is -0.505 e. The van der Waals surface area contributed by atoms with Gasteiger partial charge in [-0.2, -0.15) is 5.10 Å². The number of likely N-dealkylation sites (tertiary alicyclic amines) is 1. The van der Waals surface area contributed by atoms with Gasteiger partial charge in [0.1, 0.15) is 0 Å². The van der Waals surface area contributed by atoms with Gasteiger partial charge in [0.15, 0.2) is 11.6 Å². The van der Waals surface area contributed by atoms with Crippen LogP contribution in [0.4, 0.5) is 4.39 Å². The SMILES string of the molecule is Oc1ccc(-c2ccc(-c3n[nH]c4c3Cc3ccc(CNCCN5CCCC5)cc3-4)cc2)cc1F. The maximum atomic E-state index is 13.8.